The lowest BCUT2D eigenvalue weighted by Gasteiger charge is -2.35. The smallest absolute Gasteiger partial charge is 0.260 e. The Bertz CT molecular complexity index is 697. The van der Waals surface area contributed by atoms with Gasteiger partial charge in [-0.2, -0.15) is 0 Å². The SMILES string of the molecule is COC(c1ccccc1)C1CCN(C(=O)COc2ccc(Cl)cc2)CC1. The second-order valence-electron chi connectivity index (χ2n) is 6.53. The van der Waals surface area contributed by atoms with Crippen LogP contribution in [0.4, 0.5) is 0 Å². The lowest BCUT2D eigenvalue weighted by molar-refractivity contribution is -0.135. The normalized spacial score (nSPS) is 16.3. The second-order valence-corrected chi connectivity index (χ2v) is 6.96. The third kappa shape index (κ3) is 4.77. The van der Waals surface area contributed by atoms with Gasteiger partial charge in [0.05, 0.1) is 6.10 Å². The number of hydrogen-bond acceptors (Lipinski definition) is 3. The number of amides is 1. The van der Waals surface area contributed by atoms with E-state index in [9.17, 15) is 4.79 Å². The van der Waals surface area contributed by atoms with Crippen LogP contribution < -0.4 is 4.74 Å². The number of hydrogen-bond donors (Lipinski definition) is 0. The molecule has 0 bridgehead atoms. The zero-order valence-electron chi connectivity index (χ0n) is 14.9. The number of likely N-dealkylation sites (tertiary alicyclic amines) is 1. The highest BCUT2D eigenvalue weighted by atomic mass is 35.5. The number of carbonyl (C=O) groups excluding carboxylic acids is 1. The van der Waals surface area contributed by atoms with Crippen molar-refractivity contribution in [2.75, 3.05) is 26.8 Å². The van der Waals surface area contributed by atoms with Crippen molar-refractivity contribution in [3.63, 3.8) is 0 Å². The molecule has 2 aromatic rings. The molecule has 1 fully saturated rings. The van der Waals surface area contributed by atoms with Crippen LogP contribution in [0.5, 0.6) is 5.75 Å². The Hall–Kier alpha value is -2.04. The zero-order valence-corrected chi connectivity index (χ0v) is 15.7. The van der Waals surface area contributed by atoms with Crippen molar-refractivity contribution in [1.82, 2.24) is 4.90 Å². The highest BCUT2D eigenvalue weighted by Gasteiger charge is 2.29. The lowest BCUT2D eigenvalue weighted by atomic mass is 9.87. The molecule has 1 aliphatic heterocycles. The predicted octanol–water partition coefficient (Wildman–Crippen LogP) is 4.35. The van der Waals surface area contributed by atoms with Crippen molar-refractivity contribution in [3.05, 3.63) is 65.2 Å². The maximum absolute atomic E-state index is 12.4. The van der Waals surface area contributed by atoms with Gasteiger partial charge in [-0.15, -0.1) is 0 Å². The summed E-state index contributed by atoms with van der Waals surface area (Å²) in [5.74, 6) is 1.09. The van der Waals surface area contributed by atoms with Crippen molar-refractivity contribution in [2.45, 2.75) is 18.9 Å². The molecule has 1 unspecified atom stereocenters. The third-order valence-electron chi connectivity index (χ3n) is 4.88. The third-order valence-corrected chi connectivity index (χ3v) is 5.13. The maximum atomic E-state index is 12.4. The first-order valence-electron chi connectivity index (χ1n) is 8.91. The topological polar surface area (TPSA) is 38.8 Å². The molecular weight excluding hydrogens is 350 g/mol. The minimum atomic E-state index is 0.0204. The average molecular weight is 374 g/mol. The molecule has 0 saturated carbocycles. The molecular formula is C21H24ClNO3. The summed E-state index contributed by atoms with van der Waals surface area (Å²) in [7, 11) is 1.76. The summed E-state index contributed by atoms with van der Waals surface area (Å²) in [5, 5.41) is 0.650. The van der Waals surface area contributed by atoms with Gasteiger partial charge in [-0.05, 0) is 48.6 Å². The zero-order chi connectivity index (χ0) is 18.4. The number of benzene rings is 2. The maximum Gasteiger partial charge on any atom is 0.260 e. The van der Waals surface area contributed by atoms with Gasteiger partial charge in [-0.3, -0.25) is 4.79 Å². The Morgan fingerprint density at radius 1 is 1.12 bits per heavy atom. The summed E-state index contributed by atoms with van der Waals surface area (Å²) in [5.41, 5.74) is 1.20. The van der Waals surface area contributed by atoms with Gasteiger partial charge in [0.25, 0.3) is 5.91 Å². The van der Waals surface area contributed by atoms with Crippen molar-refractivity contribution < 1.29 is 14.3 Å². The fourth-order valence-electron chi connectivity index (χ4n) is 3.46. The number of methoxy groups -OCH3 is 1. The lowest BCUT2D eigenvalue weighted by Crippen LogP contribution is -2.42. The molecule has 1 saturated heterocycles. The molecule has 0 aromatic heterocycles. The summed E-state index contributed by atoms with van der Waals surface area (Å²) in [4.78, 5) is 14.3. The Morgan fingerprint density at radius 2 is 1.77 bits per heavy atom. The van der Waals surface area contributed by atoms with Crippen LogP contribution in [-0.2, 0) is 9.53 Å². The number of carbonyl (C=O) groups is 1. The van der Waals surface area contributed by atoms with Crippen LogP contribution in [0.1, 0.15) is 24.5 Å². The average Bonchev–Trinajstić information content (AvgIpc) is 2.69. The summed E-state index contributed by atoms with van der Waals surface area (Å²) in [6.45, 7) is 1.53. The van der Waals surface area contributed by atoms with E-state index in [0.717, 1.165) is 25.9 Å². The van der Waals surface area contributed by atoms with Crippen LogP contribution in [0.25, 0.3) is 0 Å². The molecule has 0 N–H and O–H groups in total. The predicted molar refractivity (Wildman–Crippen MR) is 102 cm³/mol. The van der Waals surface area contributed by atoms with Gasteiger partial charge in [0.1, 0.15) is 5.75 Å². The van der Waals surface area contributed by atoms with Gasteiger partial charge in [0, 0.05) is 25.2 Å². The first-order valence-corrected chi connectivity index (χ1v) is 9.29. The van der Waals surface area contributed by atoms with Crippen molar-refractivity contribution in [2.24, 2.45) is 5.92 Å². The molecule has 1 aliphatic rings. The summed E-state index contributed by atoms with van der Waals surface area (Å²) in [6, 6.07) is 17.3. The molecule has 0 radical (unpaired) electrons. The van der Waals surface area contributed by atoms with Gasteiger partial charge in [0.2, 0.25) is 0 Å². The Balaban J connectivity index is 1.49. The van der Waals surface area contributed by atoms with E-state index in [1.54, 1.807) is 31.4 Å². The van der Waals surface area contributed by atoms with Crippen LogP contribution in [0.2, 0.25) is 5.02 Å². The molecule has 0 aliphatic carbocycles. The van der Waals surface area contributed by atoms with Gasteiger partial charge in [0.15, 0.2) is 6.61 Å². The summed E-state index contributed by atoms with van der Waals surface area (Å²) >= 11 is 5.85. The highest BCUT2D eigenvalue weighted by molar-refractivity contribution is 6.30. The van der Waals surface area contributed by atoms with Crippen LogP contribution >= 0.6 is 11.6 Å². The number of halogens is 1. The Kier molecular flexibility index (Phi) is 6.53. The number of ether oxygens (including phenoxy) is 2. The van der Waals surface area contributed by atoms with Gasteiger partial charge >= 0.3 is 0 Å². The highest BCUT2D eigenvalue weighted by Crippen LogP contribution is 2.33. The van der Waals surface area contributed by atoms with E-state index in [1.807, 2.05) is 23.1 Å². The first-order chi connectivity index (χ1) is 12.7. The first kappa shape index (κ1) is 18.7. The monoisotopic (exact) mass is 373 g/mol. The fraction of sp³-hybridized carbons (Fsp3) is 0.381. The quantitative estimate of drug-likeness (QED) is 0.755. The molecule has 1 heterocycles. The number of rotatable bonds is 6. The molecule has 1 atom stereocenters. The van der Waals surface area contributed by atoms with Crippen LogP contribution in [-0.4, -0.2) is 37.6 Å². The fourth-order valence-corrected chi connectivity index (χ4v) is 3.59. The molecule has 1 amide bonds. The molecule has 3 rings (SSSR count). The van der Waals surface area contributed by atoms with Crippen molar-refractivity contribution >= 4 is 17.5 Å². The molecule has 0 spiro atoms. The summed E-state index contributed by atoms with van der Waals surface area (Å²) in [6.07, 6.45) is 1.94. The van der Waals surface area contributed by atoms with E-state index in [1.165, 1.54) is 5.56 Å². The van der Waals surface area contributed by atoms with Gasteiger partial charge in [-0.25, -0.2) is 0 Å². The van der Waals surface area contributed by atoms with Crippen LogP contribution in [0.3, 0.4) is 0 Å². The van der Waals surface area contributed by atoms with E-state index in [-0.39, 0.29) is 18.6 Å². The molecule has 4 nitrogen and oxygen atoms in total. The second kappa shape index (κ2) is 9.06. The van der Waals surface area contributed by atoms with E-state index < -0.39 is 0 Å². The van der Waals surface area contributed by atoms with Crippen LogP contribution in [0, 0.1) is 5.92 Å². The van der Waals surface area contributed by atoms with E-state index >= 15 is 0 Å². The van der Waals surface area contributed by atoms with Gasteiger partial charge < -0.3 is 14.4 Å². The molecule has 138 valence electrons. The van der Waals surface area contributed by atoms with E-state index in [0.29, 0.717) is 16.7 Å². The minimum Gasteiger partial charge on any atom is -0.484 e. The minimum absolute atomic E-state index is 0.0204. The number of nitrogens with zero attached hydrogens (tertiary/aromatic N) is 1. The molecule has 5 heteroatoms. The van der Waals surface area contributed by atoms with Crippen LogP contribution in [0.15, 0.2) is 54.6 Å². The van der Waals surface area contributed by atoms with E-state index in [4.69, 9.17) is 21.1 Å². The molecule has 2 aromatic carbocycles. The van der Waals surface area contributed by atoms with Gasteiger partial charge in [-0.1, -0.05) is 41.9 Å². The number of piperidine rings is 1. The standard InChI is InChI=1S/C21H24ClNO3/c1-25-21(16-5-3-2-4-6-16)17-11-13-23(14-12-17)20(24)15-26-19-9-7-18(22)8-10-19/h2-10,17,21H,11-15H2,1H3. The Morgan fingerprint density at radius 3 is 2.38 bits per heavy atom. The summed E-state index contributed by atoms with van der Waals surface area (Å²) < 4.78 is 11.3. The largest absolute Gasteiger partial charge is 0.484 e. The van der Waals surface area contributed by atoms with Crippen molar-refractivity contribution in [3.8, 4) is 5.75 Å². The Labute approximate surface area is 159 Å². The van der Waals surface area contributed by atoms with Crippen molar-refractivity contribution in [1.29, 1.82) is 0 Å². The van der Waals surface area contributed by atoms with E-state index in [2.05, 4.69) is 12.1 Å². The molecule has 26 heavy (non-hydrogen) atoms.